The predicted molar refractivity (Wildman–Crippen MR) is 80.1 cm³/mol. The number of rotatable bonds is 4. The van der Waals surface area contributed by atoms with E-state index >= 15 is 0 Å². The van der Waals surface area contributed by atoms with E-state index in [9.17, 15) is 4.79 Å². The number of benzene rings is 1. The van der Waals surface area contributed by atoms with Crippen molar-refractivity contribution in [3.05, 3.63) is 29.8 Å². The van der Waals surface area contributed by atoms with Crippen LogP contribution < -0.4 is 4.74 Å². The Labute approximate surface area is 123 Å². The molecule has 0 aliphatic carbocycles. The number of carbonyl (C=O) groups is 1. The quantitative estimate of drug-likeness (QED) is 0.793. The van der Waals surface area contributed by atoms with Crippen molar-refractivity contribution >= 4 is 21.8 Å². The first kappa shape index (κ1) is 14.4. The second-order valence-electron chi connectivity index (χ2n) is 4.83. The van der Waals surface area contributed by atoms with Gasteiger partial charge in [0.25, 0.3) is 5.91 Å². The van der Waals surface area contributed by atoms with E-state index in [4.69, 9.17) is 4.74 Å². The lowest BCUT2D eigenvalue weighted by Crippen LogP contribution is -2.44. The fourth-order valence-corrected chi connectivity index (χ4v) is 3.20. The number of hydrogen-bond acceptors (Lipinski definition) is 2. The summed E-state index contributed by atoms with van der Waals surface area (Å²) >= 11 is 3.48. The Bertz CT molecular complexity index is 434. The van der Waals surface area contributed by atoms with Crippen LogP contribution in [0.3, 0.4) is 0 Å². The smallest absolute Gasteiger partial charge is 0.257 e. The number of piperidine rings is 1. The van der Waals surface area contributed by atoms with Gasteiger partial charge in [0, 0.05) is 17.9 Å². The van der Waals surface area contributed by atoms with Gasteiger partial charge in [0.15, 0.2) is 0 Å². The molecular formula is C15H20BrNO2. The second-order valence-corrected chi connectivity index (χ2v) is 5.62. The van der Waals surface area contributed by atoms with Crippen LogP contribution in [0.15, 0.2) is 24.3 Å². The molecule has 0 radical (unpaired) electrons. The van der Waals surface area contributed by atoms with Crippen LogP contribution in [-0.4, -0.2) is 35.8 Å². The van der Waals surface area contributed by atoms with E-state index in [0.717, 1.165) is 31.1 Å². The van der Waals surface area contributed by atoms with Crippen molar-refractivity contribution in [1.82, 2.24) is 4.90 Å². The van der Waals surface area contributed by atoms with Gasteiger partial charge in [-0.2, -0.15) is 0 Å². The van der Waals surface area contributed by atoms with E-state index in [1.165, 1.54) is 6.42 Å². The third kappa shape index (κ3) is 3.30. The summed E-state index contributed by atoms with van der Waals surface area (Å²) in [6, 6.07) is 7.82. The van der Waals surface area contributed by atoms with E-state index in [2.05, 4.69) is 15.9 Å². The average molecular weight is 326 g/mol. The van der Waals surface area contributed by atoms with Crippen LogP contribution in [0.2, 0.25) is 0 Å². The van der Waals surface area contributed by atoms with Crippen LogP contribution >= 0.6 is 15.9 Å². The van der Waals surface area contributed by atoms with Crippen LogP contribution in [0.5, 0.6) is 5.75 Å². The molecule has 0 aromatic heterocycles. The fourth-order valence-electron chi connectivity index (χ4n) is 2.67. The molecule has 0 saturated carbocycles. The molecule has 0 spiro atoms. The van der Waals surface area contributed by atoms with Crippen molar-refractivity contribution in [3.8, 4) is 5.75 Å². The van der Waals surface area contributed by atoms with Crippen molar-refractivity contribution in [2.75, 3.05) is 19.0 Å². The minimum absolute atomic E-state index is 0.100. The Morgan fingerprint density at radius 2 is 2.21 bits per heavy atom. The summed E-state index contributed by atoms with van der Waals surface area (Å²) in [4.78, 5) is 14.7. The van der Waals surface area contributed by atoms with Crippen LogP contribution in [-0.2, 0) is 0 Å². The molecule has 0 bridgehead atoms. The van der Waals surface area contributed by atoms with Gasteiger partial charge in [0.2, 0.25) is 0 Å². The average Bonchev–Trinajstić information content (AvgIpc) is 2.47. The van der Waals surface area contributed by atoms with Crippen molar-refractivity contribution in [2.45, 2.75) is 31.7 Å². The Hall–Kier alpha value is -1.03. The normalized spacial score (nSPS) is 19.3. The lowest BCUT2D eigenvalue weighted by atomic mass is 9.98. The minimum Gasteiger partial charge on any atom is -0.496 e. The molecule has 1 aliphatic heterocycles. The van der Waals surface area contributed by atoms with E-state index in [-0.39, 0.29) is 5.91 Å². The number of likely N-dealkylation sites (tertiary alicyclic amines) is 1. The van der Waals surface area contributed by atoms with Gasteiger partial charge in [0.1, 0.15) is 5.75 Å². The monoisotopic (exact) mass is 325 g/mol. The summed E-state index contributed by atoms with van der Waals surface area (Å²) < 4.78 is 5.30. The number of alkyl halides is 1. The van der Waals surface area contributed by atoms with Crippen LogP contribution in [0.4, 0.5) is 0 Å². The molecule has 4 heteroatoms. The Kier molecular flexibility index (Phi) is 5.25. The summed E-state index contributed by atoms with van der Waals surface area (Å²) in [6.45, 7) is 0.856. The SMILES string of the molecule is COc1ccccc1C(=O)N1CCCCC1CCBr. The van der Waals surface area contributed by atoms with Gasteiger partial charge in [-0.15, -0.1) is 0 Å². The predicted octanol–water partition coefficient (Wildman–Crippen LogP) is 3.47. The molecule has 1 aromatic carbocycles. The third-order valence-electron chi connectivity index (χ3n) is 3.67. The highest BCUT2D eigenvalue weighted by atomic mass is 79.9. The summed E-state index contributed by atoms with van der Waals surface area (Å²) in [5.41, 5.74) is 0.673. The molecule has 1 unspecified atom stereocenters. The Morgan fingerprint density at radius 1 is 1.42 bits per heavy atom. The van der Waals surface area contributed by atoms with Gasteiger partial charge in [-0.05, 0) is 37.8 Å². The zero-order valence-electron chi connectivity index (χ0n) is 11.3. The second kappa shape index (κ2) is 6.94. The molecule has 1 heterocycles. The maximum atomic E-state index is 12.7. The number of methoxy groups -OCH3 is 1. The van der Waals surface area contributed by atoms with Crippen molar-refractivity contribution in [2.24, 2.45) is 0 Å². The first-order chi connectivity index (χ1) is 9.27. The molecule has 1 amide bonds. The molecule has 19 heavy (non-hydrogen) atoms. The zero-order valence-corrected chi connectivity index (χ0v) is 12.9. The number of hydrogen-bond donors (Lipinski definition) is 0. The molecule has 0 N–H and O–H groups in total. The molecule has 104 valence electrons. The van der Waals surface area contributed by atoms with Crippen molar-refractivity contribution in [3.63, 3.8) is 0 Å². The van der Waals surface area contributed by atoms with Crippen LogP contribution in [0, 0.1) is 0 Å². The maximum Gasteiger partial charge on any atom is 0.257 e. The standard InChI is InChI=1S/C15H20BrNO2/c1-19-14-8-3-2-7-13(14)15(18)17-11-5-4-6-12(17)9-10-16/h2-3,7-8,12H,4-6,9-11H2,1H3. The topological polar surface area (TPSA) is 29.5 Å². The van der Waals surface area contributed by atoms with Gasteiger partial charge in [-0.3, -0.25) is 4.79 Å². The largest absolute Gasteiger partial charge is 0.496 e. The minimum atomic E-state index is 0.100. The highest BCUT2D eigenvalue weighted by molar-refractivity contribution is 9.09. The van der Waals surface area contributed by atoms with Crippen molar-refractivity contribution in [1.29, 1.82) is 0 Å². The van der Waals surface area contributed by atoms with E-state index in [1.54, 1.807) is 7.11 Å². The van der Waals surface area contributed by atoms with Crippen LogP contribution in [0.25, 0.3) is 0 Å². The van der Waals surface area contributed by atoms with Gasteiger partial charge >= 0.3 is 0 Å². The number of carbonyl (C=O) groups excluding carboxylic acids is 1. The number of nitrogens with zero attached hydrogens (tertiary/aromatic N) is 1. The molecule has 1 atom stereocenters. The van der Waals surface area contributed by atoms with Gasteiger partial charge < -0.3 is 9.64 Å². The summed E-state index contributed by atoms with van der Waals surface area (Å²) in [7, 11) is 1.61. The number of ether oxygens (including phenoxy) is 1. The van der Waals surface area contributed by atoms with Gasteiger partial charge in [-0.25, -0.2) is 0 Å². The lowest BCUT2D eigenvalue weighted by molar-refractivity contribution is 0.0606. The Balaban J connectivity index is 2.21. The van der Waals surface area contributed by atoms with Gasteiger partial charge in [0.05, 0.1) is 12.7 Å². The molecule has 1 saturated heterocycles. The van der Waals surface area contributed by atoms with Crippen molar-refractivity contribution < 1.29 is 9.53 Å². The molecular weight excluding hydrogens is 306 g/mol. The zero-order chi connectivity index (χ0) is 13.7. The van der Waals surface area contributed by atoms with Gasteiger partial charge in [-0.1, -0.05) is 28.1 Å². The molecule has 3 nitrogen and oxygen atoms in total. The first-order valence-corrected chi connectivity index (χ1v) is 7.90. The molecule has 2 rings (SSSR count). The summed E-state index contributed by atoms with van der Waals surface area (Å²) in [5.74, 6) is 0.763. The lowest BCUT2D eigenvalue weighted by Gasteiger charge is -2.36. The van der Waals surface area contributed by atoms with Crippen LogP contribution in [0.1, 0.15) is 36.0 Å². The van der Waals surface area contributed by atoms with E-state index in [0.29, 0.717) is 17.4 Å². The third-order valence-corrected chi connectivity index (χ3v) is 4.13. The summed E-state index contributed by atoms with van der Waals surface area (Å²) in [5, 5.41) is 0.938. The molecule has 1 aromatic rings. The van der Waals surface area contributed by atoms with E-state index in [1.807, 2.05) is 29.2 Å². The molecule has 1 aliphatic rings. The molecule has 1 fully saturated rings. The van der Waals surface area contributed by atoms with E-state index < -0.39 is 0 Å². The maximum absolute atomic E-state index is 12.7. The Morgan fingerprint density at radius 3 is 2.95 bits per heavy atom. The fraction of sp³-hybridized carbons (Fsp3) is 0.533. The number of halogens is 1. The summed E-state index contributed by atoms with van der Waals surface area (Å²) in [6.07, 6.45) is 4.43. The number of amides is 1. The highest BCUT2D eigenvalue weighted by Gasteiger charge is 2.28. The number of para-hydroxylation sites is 1. The highest BCUT2D eigenvalue weighted by Crippen LogP contribution is 2.26. The first-order valence-electron chi connectivity index (χ1n) is 6.78.